The maximum Gasteiger partial charge on any atom is 0.245 e. The Bertz CT molecular complexity index is 442. The minimum absolute atomic E-state index is 0.0554. The second kappa shape index (κ2) is 6.01. The van der Waals surface area contributed by atoms with Crippen LogP contribution in [0.25, 0.3) is 0 Å². The lowest BCUT2D eigenvalue weighted by Gasteiger charge is -2.32. The molecule has 0 saturated carbocycles. The third-order valence-electron chi connectivity index (χ3n) is 3.31. The highest BCUT2D eigenvalue weighted by atomic mass is 32.1. The van der Waals surface area contributed by atoms with Crippen molar-refractivity contribution in [1.82, 2.24) is 10.3 Å². The SMILES string of the molecule is CC(C)NC1CCCN(c2nc(C(C)C)cs2)C1=O. The van der Waals surface area contributed by atoms with E-state index in [2.05, 4.69) is 43.4 Å². The summed E-state index contributed by atoms with van der Waals surface area (Å²) in [4.78, 5) is 18.9. The largest absolute Gasteiger partial charge is 0.304 e. The number of nitrogens with zero attached hydrogens (tertiary/aromatic N) is 2. The van der Waals surface area contributed by atoms with E-state index in [0.29, 0.717) is 12.0 Å². The first-order chi connectivity index (χ1) is 8.99. The van der Waals surface area contributed by atoms with Gasteiger partial charge in [-0.25, -0.2) is 4.98 Å². The van der Waals surface area contributed by atoms with Gasteiger partial charge in [-0.15, -0.1) is 11.3 Å². The van der Waals surface area contributed by atoms with Crippen molar-refractivity contribution in [1.29, 1.82) is 0 Å². The summed E-state index contributed by atoms with van der Waals surface area (Å²) < 4.78 is 0. The van der Waals surface area contributed by atoms with Gasteiger partial charge in [-0.1, -0.05) is 27.7 Å². The fraction of sp³-hybridized carbons (Fsp3) is 0.714. The van der Waals surface area contributed by atoms with Gasteiger partial charge in [-0.05, 0) is 18.8 Å². The third-order valence-corrected chi connectivity index (χ3v) is 4.19. The number of hydrogen-bond donors (Lipinski definition) is 1. The number of carbonyl (C=O) groups excluding carboxylic acids is 1. The average Bonchev–Trinajstić information content (AvgIpc) is 2.80. The number of anilines is 1. The zero-order valence-corrected chi connectivity index (χ0v) is 13.0. The fourth-order valence-corrected chi connectivity index (χ4v) is 3.31. The fourth-order valence-electron chi connectivity index (χ4n) is 2.29. The monoisotopic (exact) mass is 281 g/mol. The molecule has 1 N–H and O–H groups in total. The lowest BCUT2D eigenvalue weighted by atomic mass is 10.0. The molecule has 106 valence electrons. The van der Waals surface area contributed by atoms with Gasteiger partial charge in [0.05, 0.1) is 11.7 Å². The molecule has 0 aromatic carbocycles. The molecule has 0 aliphatic carbocycles. The van der Waals surface area contributed by atoms with Crippen LogP contribution in [0.5, 0.6) is 0 Å². The number of nitrogens with one attached hydrogen (secondary N) is 1. The highest BCUT2D eigenvalue weighted by Gasteiger charge is 2.31. The van der Waals surface area contributed by atoms with Gasteiger partial charge in [0.25, 0.3) is 0 Å². The predicted octanol–water partition coefficient (Wildman–Crippen LogP) is 2.76. The second-order valence-corrected chi connectivity index (χ2v) is 6.55. The number of piperidine rings is 1. The molecule has 0 bridgehead atoms. The zero-order chi connectivity index (χ0) is 14.0. The van der Waals surface area contributed by atoms with Crippen molar-refractivity contribution in [3.05, 3.63) is 11.1 Å². The Labute approximate surface area is 119 Å². The standard InChI is InChI=1S/C14H23N3OS/c1-9(2)12-8-19-14(16-12)17-7-5-6-11(13(17)18)15-10(3)4/h8-11,15H,5-7H2,1-4H3. The summed E-state index contributed by atoms with van der Waals surface area (Å²) in [6, 6.07) is 0.275. The van der Waals surface area contributed by atoms with Crippen molar-refractivity contribution in [3.63, 3.8) is 0 Å². The molecular weight excluding hydrogens is 258 g/mol. The van der Waals surface area contributed by atoms with Crippen LogP contribution in [0.2, 0.25) is 0 Å². The molecule has 1 fully saturated rings. The first kappa shape index (κ1) is 14.5. The summed E-state index contributed by atoms with van der Waals surface area (Å²) in [5.74, 6) is 0.582. The van der Waals surface area contributed by atoms with Gasteiger partial charge < -0.3 is 5.32 Å². The van der Waals surface area contributed by atoms with Crippen LogP contribution in [0.3, 0.4) is 0 Å². The van der Waals surface area contributed by atoms with E-state index in [-0.39, 0.29) is 11.9 Å². The van der Waals surface area contributed by atoms with Gasteiger partial charge in [-0.3, -0.25) is 9.69 Å². The van der Waals surface area contributed by atoms with Crippen molar-refractivity contribution >= 4 is 22.4 Å². The van der Waals surface area contributed by atoms with Crippen LogP contribution in [-0.2, 0) is 4.79 Å². The Morgan fingerprint density at radius 1 is 1.42 bits per heavy atom. The van der Waals surface area contributed by atoms with Crippen LogP contribution >= 0.6 is 11.3 Å². The van der Waals surface area contributed by atoms with E-state index in [1.54, 1.807) is 11.3 Å². The van der Waals surface area contributed by atoms with Crippen molar-refractivity contribution in [2.75, 3.05) is 11.4 Å². The molecule has 1 aromatic rings. The molecule has 4 nitrogen and oxygen atoms in total. The highest BCUT2D eigenvalue weighted by Crippen LogP contribution is 2.27. The van der Waals surface area contributed by atoms with E-state index < -0.39 is 0 Å². The number of amides is 1. The number of thiazole rings is 1. The number of aromatic nitrogens is 1. The van der Waals surface area contributed by atoms with Crippen LogP contribution in [0.4, 0.5) is 5.13 Å². The summed E-state index contributed by atoms with van der Waals surface area (Å²) >= 11 is 1.58. The van der Waals surface area contributed by atoms with Gasteiger partial charge in [0.2, 0.25) is 5.91 Å². The van der Waals surface area contributed by atoms with Gasteiger partial charge in [0.15, 0.2) is 5.13 Å². The van der Waals surface area contributed by atoms with Crippen molar-refractivity contribution in [2.24, 2.45) is 0 Å². The summed E-state index contributed by atoms with van der Waals surface area (Å²) in [6.07, 6.45) is 1.96. The molecule has 1 aliphatic heterocycles. The maximum absolute atomic E-state index is 12.5. The van der Waals surface area contributed by atoms with Crippen molar-refractivity contribution in [3.8, 4) is 0 Å². The van der Waals surface area contributed by atoms with Crippen LogP contribution in [0.1, 0.15) is 52.1 Å². The molecule has 1 amide bonds. The Morgan fingerprint density at radius 3 is 2.74 bits per heavy atom. The molecule has 2 rings (SSSR count). The maximum atomic E-state index is 12.5. The van der Waals surface area contributed by atoms with Crippen LogP contribution in [0, 0.1) is 0 Å². The van der Waals surface area contributed by atoms with Crippen molar-refractivity contribution < 1.29 is 4.79 Å². The molecule has 5 heteroatoms. The van der Waals surface area contributed by atoms with Gasteiger partial charge >= 0.3 is 0 Å². The van der Waals surface area contributed by atoms with E-state index in [4.69, 9.17) is 0 Å². The summed E-state index contributed by atoms with van der Waals surface area (Å²) in [5, 5.41) is 6.26. The number of hydrogen-bond acceptors (Lipinski definition) is 4. The quantitative estimate of drug-likeness (QED) is 0.923. The minimum atomic E-state index is -0.0554. The van der Waals surface area contributed by atoms with E-state index in [0.717, 1.165) is 30.2 Å². The normalized spacial score (nSPS) is 20.6. The van der Waals surface area contributed by atoms with E-state index in [9.17, 15) is 4.79 Å². The van der Waals surface area contributed by atoms with Crippen molar-refractivity contribution in [2.45, 2.75) is 58.5 Å². The molecule has 1 unspecified atom stereocenters. The molecule has 0 spiro atoms. The molecule has 0 radical (unpaired) electrons. The lowest BCUT2D eigenvalue weighted by molar-refractivity contribution is -0.121. The number of carbonyl (C=O) groups is 1. The highest BCUT2D eigenvalue weighted by molar-refractivity contribution is 7.14. The zero-order valence-electron chi connectivity index (χ0n) is 12.1. The van der Waals surface area contributed by atoms with Gasteiger partial charge in [-0.2, -0.15) is 0 Å². The molecule has 1 aromatic heterocycles. The Hall–Kier alpha value is -0.940. The Balaban J connectivity index is 2.12. The molecule has 1 saturated heterocycles. The summed E-state index contributed by atoms with van der Waals surface area (Å²) in [7, 11) is 0. The third kappa shape index (κ3) is 3.34. The second-order valence-electron chi connectivity index (χ2n) is 5.72. The Morgan fingerprint density at radius 2 is 2.16 bits per heavy atom. The molecule has 19 heavy (non-hydrogen) atoms. The van der Waals surface area contributed by atoms with E-state index in [1.807, 2.05) is 4.90 Å². The van der Waals surface area contributed by atoms with Crippen LogP contribution in [0.15, 0.2) is 5.38 Å². The topological polar surface area (TPSA) is 45.2 Å². The lowest BCUT2D eigenvalue weighted by Crippen LogP contribution is -2.52. The molecule has 1 atom stereocenters. The molecule has 1 aliphatic rings. The Kier molecular flexibility index (Phi) is 4.58. The van der Waals surface area contributed by atoms with Gasteiger partial charge in [0.1, 0.15) is 0 Å². The predicted molar refractivity (Wildman–Crippen MR) is 79.8 cm³/mol. The van der Waals surface area contributed by atoms with E-state index >= 15 is 0 Å². The molecule has 2 heterocycles. The first-order valence-corrected chi connectivity index (χ1v) is 7.90. The smallest absolute Gasteiger partial charge is 0.245 e. The minimum Gasteiger partial charge on any atom is -0.304 e. The van der Waals surface area contributed by atoms with Gasteiger partial charge in [0, 0.05) is 18.0 Å². The van der Waals surface area contributed by atoms with E-state index in [1.165, 1.54) is 0 Å². The molecular formula is C14H23N3OS. The van der Waals surface area contributed by atoms with Crippen LogP contribution < -0.4 is 10.2 Å². The summed E-state index contributed by atoms with van der Waals surface area (Å²) in [5.41, 5.74) is 1.08. The van der Waals surface area contributed by atoms with Crippen LogP contribution in [-0.4, -0.2) is 29.5 Å². The number of rotatable bonds is 4. The average molecular weight is 281 g/mol. The summed E-state index contributed by atoms with van der Waals surface area (Å²) in [6.45, 7) is 9.19. The first-order valence-electron chi connectivity index (χ1n) is 7.02.